The van der Waals surface area contributed by atoms with Crippen LogP contribution in [-0.4, -0.2) is 71.1 Å². The lowest BCUT2D eigenvalue weighted by Gasteiger charge is -2.36. The molecule has 0 spiro atoms. The molecule has 0 bridgehead atoms. The lowest BCUT2D eigenvalue weighted by atomic mass is 10.2. The standard InChI is InChI=1S/C27H31N3O5S/c1-34-23-13-14-26(35-2)25(19-23)30(36(32,33)24-11-7-4-8-12-24)21-27(31)29-17-15-28(16-18-29)20-22-9-5-3-6-10-22/h3-14,19H,15-18,20-21H2,1-2H3. The van der Waals surface area contributed by atoms with E-state index in [0.717, 1.165) is 10.8 Å². The zero-order chi connectivity index (χ0) is 25.5. The van der Waals surface area contributed by atoms with E-state index >= 15 is 0 Å². The maximum atomic E-state index is 13.7. The van der Waals surface area contributed by atoms with Crippen molar-refractivity contribution in [3.63, 3.8) is 0 Å². The van der Waals surface area contributed by atoms with Gasteiger partial charge in [0, 0.05) is 38.8 Å². The van der Waals surface area contributed by atoms with Gasteiger partial charge in [0.05, 0.1) is 24.8 Å². The normalized spacial score (nSPS) is 14.3. The molecule has 1 aliphatic rings. The highest BCUT2D eigenvalue weighted by atomic mass is 32.2. The summed E-state index contributed by atoms with van der Waals surface area (Å²) in [6.45, 7) is 2.96. The lowest BCUT2D eigenvalue weighted by molar-refractivity contribution is -0.131. The van der Waals surface area contributed by atoms with E-state index in [-0.39, 0.29) is 23.0 Å². The third kappa shape index (κ3) is 5.80. The Balaban J connectivity index is 1.56. The first-order chi connectivity index (χ1) is 17.4. The number of ether oxygens (including phenoxy) is 2. The zero-order valence-electron chi connectivity index (χ0n) is 20.5. The van der Waals surface area contributed by atoms with Crippen molar-refractivity contribution in [3.8, 4) is 11.5 Å². The van der Waals surface area contributed by atoms with E-state index in [9.17, 15) is 13.2 Å². The Labute approximate surface area is 212 Å². The topological polar surface area (TPSA) is 79.4 Å². The molecule has 9 heteroatoms. The van der Waals surface area contributed by atoms with Gasteiger partial charge in [-0.25, -0.2) is 8.42 Å². The molecule has 3 aromatic rings. The van der Waals surface area contributed by atoms with Crippen molar-refractivity contribution >= 4 is 21.6 Å². The van der Waals surface area contributed by atoms with E-state index in [4.69, 9.17) is 9.47 Å². The van der Waals surface area contributed by atoms with Gasteiger partial charge in [-0.05, 0) is 29.8 Å². The van der Waals surface area contributed by atoms with Crippen molar-refractivity contribution in [3.05, 3.63) is 84.4 Å². The molecule has 1 heterocycles. The van der Waals surface area contributed by atoms with Gasteiger partial charge in [-0.3, -0.25) is 14.0 Å². The van der Waals surface area contributed by atoms with Crippen molar-refractivity contribution in [1.82, 2.24) is 9.80 Å². The highest BCUT2D eigenvalue weighted by Gasteiger charge is 2.32. The molecule has 1 amide bonds. The Bertz CT molecular complexity index is 1260. The number of sulfonamides is 1. The number of carbonyl (C=O) groups excluding carboxylic acids is 1. The SMILES string of the molecule is COc1ccc(OC)c(N(CC(=O)N2CCN(Cc3ccccc3)CC2)S(=O)(=O)c2ccccc2)c1. The average Bonchev–Trinajstić information content (AvgIpc) is 2.92. The van der Waals surface area contributed by atoms with Crippen LogP contribution in [0.1, 0.15) is 5.56 Å². The number of rotatable bonds is 9. The third-order valence-corrected chi connectivity index (χ3v) is 8.01. The summed E-state index contributed by atoms with van der Waals surface area (Å²) in [7, 11) is -1.09. The van der Waals surface area contributed by atoms with Crippen LogP contribution in [-0.2, 0) is 21.4 Å². The van der Waals surface area contributed by atoms with Crippen molar-refractivity contribution in [2.45, 2.75) is 11.4 Å². The number of hydrogen-bond acceptors (Lipinski definition) is 6. The molecule has 190 valence electrons. The molecule has 0 aromatic heterocycles. The number of nitrogens with zero attached hydrogens (tertiary/aromatic N) is 3. The highest BCUT2D eigenvalue weighted by molar-refractivity contribution is 7.92. The molecular weight excluding hydrogens is 478 g/mol. The molecule has 0 atom stereocenters. The smallest absolute Gasteiger partial charge is 0.264 e. The minimum atomic E-state index is -4.06. The van der Waals surface area contributed by atoms with Crippen LogP contribution in [0.3, 0.4) is 0 Å². The number of methoxy groups -OCH3 is 2. The molecule has 8 nitrogen and oxygen atoms in total. The summed E-state index contributed by atoms with van der Waals surface area (Å²) in [6.07, 6.45) is 0. The first-order valence-corrected chi connectivity index (χ1v) is 13.2. The van der Waals surface area contributed by atoms with Gasteiger partial charge in [-0.15, -0.1) is 0 Å². The van der Waals surface area contributed by atoms with Crippen molar-refractivity contribution in [1.29, 1.82) is 0 Å². The monoisotopic (exact) mass is 509 g/mol. The van der Waals surface area contributed by atoms with Crippen molar-refractivity contribution in [2.24, 2.45) is 0 Å². The van der Waals surface area contributed by atoms with Crippen LogP contribution >= 0.6 is 0 Å². The lowest BCUT2D eigenvalue weighted by Crippen LogP contribution is -2.51. The molecule has 36 heavy (non-hydrogen) atoms. The van der Waals surface area contributed by atoms with E-state index in [1.807, 2.05) is 18.2 Å². The van der Waals surface area contributed by atoms with Gasteiger partial charge in [-0.1, -0.05) is 48.5 Å². The van der Waals surface area contributed by atoms with Crippen LogP contribution in [0.15, 0.2) is 83.8 Å². The number of carbonyl (C=O) groups is 1. The molecular formula is C27H31N3O5S. The van der Waals surface area contributed by atoms with Crippen LogP contribution in [0.2, 0.25) is 0 Å². The quantitative estimate of drug-likeness (QED) is 0.441. The molecule has 1 saturated heterocycles. The summed E-state index contributed by atoms with van der Waals surface area (Å²) in [5.74, 6) is 0.524. The zero-order valence-corrected chi connectivity index (χ0v) is 21.4. The second kappa shape index (κ2) is 11.5. The third-order valence-electron chi connectivity index (χ3n) is 6.24. The van der Waals surface area contributed by atoms with Gasteiger partial charge in [0.15, 0.2) is 0 Å². The van der Waals surface area contributed by atoms with Gasteiger partial charge in [0.1, 0.15) is 18.0 Å². The van der Waals surface area contributed by atoms with Crippen LogP contribution in [0.25, 0.3) is 0 Å². The second-order valence-corrected chi connectivity index (χ2v) is 10.4. The Morgan fingerprint density at radius 3 is 2.11 bits per heavy atom. The first kappa shape index (κ1) is 25.5. The van der Waals surface area contributed by atoms with Crippen LogP contribution in [0.5, 0.6) is 11.5 Å². The molecule has 3 aromatic carbocycles. The van der Waals surface area contributed by atoms with Crippen LogP contribution < -0.4 is 13.8 Å². The van der Waals surface area contributed by atoms with Gasteiger partial charge in [-0.2, -0.15) is 0 Å². The first-order valence-electron chi connectivity index (χ1n) is 11.8. The average molecular weight is 510 g/mol. The molecule has 0 N–H and O–H groups in total. The minimum absolute atomic E-state index is 0.0929. The molecule has 1 fully saturated rings. The number of hydrogen-bond donors (Lipinski definition) is 0. The Morgan fingerprint density at radius 2 is 1.50 bits per heavy atom. The maximum absolute atomic E-state index is 13.7. The summed E-state index contributed by atoms with van der Waals surface area (Å²) in [5, 5.41) is 0. The number of anilines is 1. The fraction of sp³-hybridized carbons (Fsp3) is 0.296. The summed E-state index contributed by atoms with van der Waals surface area (Å²) in [4.78, 5) is 17.5. The molecule has 4 rings (SSSR count). The molecule has 0 unspecified atom stereocenters. The van der Waals surface area contributed by atoms with Gasteiger partial charge < -0.3 is 14.4 Å². The summed E-state index contributed by atoms with van der Waals surface area (Å²) in [6, 6.07) is 23.2. The fourth-order valence-corrected chi connectivity index (χ4v) is 5.67. The number of amides is 1. The number of piperazine rings is 1. The Morgan fingerprint density at radius 1 is 0.861 bits per heavy atom. The van der Waals surface area contributed by atoms with Crippen LogP contribution in [0, 0.1) is 0 Å². The van der Waals surface area contributed by atoms with E-state index in [0.29, 0.717) is 37.7 Å². The predicted molar refractivity (Wildman–Crippen MR) is 139 cm³/mol. The van der Waals surface area contributed by atoms with E-state index in [1.54, 1.807) is 41.3 Å². The number of benzene rings is 3. The van der Waals surface area contributed by atoms with E-state index in [2.05, 4.69) is 17.0 Å². The molecule has 0 radical (unpaired) electrons. The van der Waals surface area contributed by atoms with Crippen molar-refractivity contribution < 1.29 is 22.7 Å². The molecule has 0 saturated carbocycles. The highest BCUT2D eigenvalue weighted by Crippen LogP contribution is 2.35. The largest absolute Gasteiger partial charge is 0.497 e. The molecule has 1 aliphatic heterocycles. The predicted octanol–water partition coefficient (Wildman–Crippen LogP) is 3.24. The summed E-state index contributed by atoms with van der Waals surface area (Å²) < 4.78 is 39.4. The minimum Gasteiger partial charge on any atom is -0.497 e. The summed E-state index contributed by atoms with van der Waals surface area (Å²) >= 11 is 0. The Kier molecular flexibility index (Phi) is 8.12. The molecule has 0 aliphatic carbocycles. The van der Waals surface area contributed by atoms with Gasteiger partial charge in [0.25, 0.3) is 10.0 Å². The van der Waals surface area contributed by atoms with Crippen LogP contribution in [0.4, 0.5) is 5.69 Å². The second-order valence-electron chi connectivity index (χ2n) is 8.51. The fourth-order valence-electron chi connectivity index (χ4n) is 4.23. The summed E-state index contributed by atoms with van der Waals surface area (Å²) in [5.41, 5.74) is 1.47. The Hall–Kier alpha value is -3.56. The van der Waals surface area contributed by atoms with Crippen molar-refractivity contribution in [2.75, 3.05) is 51.2 Å². The van der Waals surface area contributed by atoms with Gasteiger partial charge in [0.2, 0.25) is 5.91 Å². The van der Waals surface area contributed by atoms with Gasteiger partial charge >= 0.3 is 0 Å². The maximum Gasteiger partial charge on any atom is 0.264 e. The van der Waals surface area contributed by atoms with E-state index in [1.165, 1.54) is 31.9 Å². The van der Waals surface area contributed by atoms with E-state index < -0.39 is 10.0 Å².